The van der Waals surface area contributed by atoms with Gasteiger partial charge in [-0.3, -0.25) is 4.79 Å². The third kappa shape index (κ3) is 2.42. The summed E-state index contributed by atoms with van der Waals surface area (Å²) in [7, 11) is 0. The van der Waals surface area contributed by atoms with Crippen molar-refractivity contribution < 1.29 is 9.53 Å². The molecule has 4 rings (SSSR count). The molecule has 4 heteroatoms. The zero-order chi connectivity index (χ0) is 18.1. The number of hydrogen-bond donors (Lipinski definition) is 1. The summed E-state index contributed by atoms with van der Waals surface area (Å²) < 4.78 is 6.17. The van der Waals surface area contributed by atoms with Gasteiger partial charge < -0.3 is 10.1 Å². The van der Waals surface area contributed by atoms with Gasteiger partial charge in [-0.05, 0) is 24.4 Å². The van der Waals surface area contributed by atoms with Crippen LogP contribution in [0, 0.1) is 18.3 Å². The lowest BCUT2D eigenvalue weighted by atomic mass is 9.88. The molecule has 1 aliphatic rings. The second-order valence-electron chi connectivity index (χ2n) is 5.88. The molecule has 3 aromatic carbocycles. The van der Waals surface area contributed by atoms with Crippen LogP contribution in [0.1, 0.15) is 11.1 Å². The van der Waals surface area contributed by atoms with Crippen molar-refractivity contribution in [2.75, 3.05) is 6.54 Å². The Hall–Kier alpha value is -3.58. The maximum Gasteiger partial charge on any atom is 0.262 e. The van der Waals surface area contributed by atoms with Gasteiger partial charge in [0.15, 0.2) is 0 Å². The van der Waals surface area contributed by atoms with Crippen LogP contribution in [0.2, 0.25) is 0 Å². The minimum atomic E-state index is -0.437. The highest BCUT2D eigenvalue weighted by Crippen LogP contribution is 2.47. The van der Waals surface area contributed by atoms with E-state index in [0.29, 0.717) is 17.1 Å². The molecule has 0 unspecified atom stereocenters. The van der Waals surface area contributed by atoms with E-state index in [0.717, 1.165) is 21.9 Å². The molecule has 0 aliphatic carbocycles. The molecule has 1 N–H and O–H groups in total. The van der Waals surface area contributed by atoms with Gasteiger partial charge in [0.1, 0.15) is 23.1 Å². The van der Waals surface area contributed by atoms with Crippen LogP contribution in [0.3, 0.4) is 0 Å². The Morgan fingerprint density at radius 3 is 2.62 bits per heavy atom. The van der Waals surface area contributed by atoms with Crippen molar-refractivity contribution in [2.24, 2.45) is 0 Å². The van der Waals surface area contributed by atoms with Crippen LogP contribution >= 0.6 is 0 Å². The Morgan fingerprint density at radius 1 is 1.04 bits per heavy atom. The van der Waals surface area contributed by atoms with E-state index in [-0.39, 0.29) is 12.1 Å². The van der Waals surface area contributed by atoms with Crippen LogP contribution in [0.5, 0.6) is 11.5 Å². The molecular weight excluding hydrogens is 324 g/mol. The summed E-state index contributed by atoms with van der Waals surface area (Å²) in [5.74, 6) is 0.849. The Kier molecular flexibility index (Phi) is 3.91. The SMILES string of the molecule is [CH2]CNC(=O)/C(C#N)=C1\c2ccccc2Oc2c1ccc1ccccc21. The predicted molar refractivity (Wildman–Crippen MR) is 100 cm³/mol. The van der Waals surface area contributed by atoms with Gasteiger partial charge in [-0.1, -0.05) is 48.5 Å². The molecule has 125 valence electrons. The fourth-order valence-corrected chi connectivity index (χ4v) is 3.26. The molecule has 0 spiro atoms. The van der Waals surface area contributed by atoms with Gasteiger partial charge in [0, 0.05) is 28.6 Å². The smallest absolute Gasteiger partial charge is 0.262 e. The van der Waals surface area contributed by atoms with Crippen molar-refractivity contribution in [1.82, 2.24) is 5.32 Å². The minimum Gasteiger partial charge on any atom is -0.455 e. The number of benzene rings is 3. The molecular formula is C22H15N2O2. The summed E-state index contributed by atoms with van der Waals surface area (Å²) in [6.45, 7) is 3.84. The zero-order valence-corrected chi connectivity index (χ0v) is 14.0. The topological polar surface area (TPSA) is 62.1 Å². The van der Waals surface area contributed by atoms with E-state index in [1.807, 2.05) is 60.7 Å². The molecule has 0 fully saturated rings. The molecule has 1 amide bonds. The predicted octanol–water partition coefficient (Wildman–Crippen LogP) is 4.22. The summed E-state index contributed by atoms with van der Waals surface area (Å²) in [6.07, 6.45) is 0. The van der Waals surface area contributed by atoms with E-state index < -0.39 is 5.91 Å². The van der Waals surface area contributed by atoms with Crippen molar-refractivity contribution >= 4 is 22.3 Å². The summed E-state index contributed by atoms with van der Waals surface area (Å²) >= 11 is 0. The normalized spacial score (nSPS) is 13.8. The number of fused-ring (bicyclic) bond motifs is 4. The maximum absolute atomic E-state index is 12.5. The van der Waals surface area contributed by atoms with E-state index in [4.69, 9.17) is 4.74 Å². The first-order valence-electron chi connectivity index (χ1n) is 8.25. The van der Waals surface area contributed by atoms with Gasteiger partial charge in [-0.15, -0.1) is 0 Å². The third-order valence-electron chi connectivity index (χ3n) is 4.39. The average molecular weight is 339 g/mol. The molecule has 1 radical (unpaired) electrons. The molecule has 0 atom stereocenters. The first-order chi connectivity index (χ1) is 12.7. The number of para-hydroxylation sites is 1. The highest BCUT2D eigenvalue weighted by molar-refractivity contribution is 6.11. The molecule has 1 heterocycles. The van der Waals surface area contributed by atoms with Gasteiger partial charge >= 0.3 is 0 Å². The first kappa shape index (κ1) is 15.9. The summed E-state index contributed by atoms with van der Waals surface area (Å²) in [5.41, 5.74) is 2.10. The Morgan fingerprint density at radius 2 is 1.81 bits per heavy atom. The number of nitriles is 1. The lowest BCUT2D eigenvalue weighted by molar-refractivity contribution is -0.116. The van der Waals surface area contributed by atoms with E-state index in [1.165, 1.54) is 0 Å². The van der Waals surface area contributed by atoms with Gasteiger partial charge in [-0.2, -0.15) is 5.26 Å². The highest BCUT2D eigenvalue weighted by atomic mass is 16.5. The highest BCUT2D eigenvalue weighted by Gasteiger charge is 2.28. The van der Waals surface area contributed by atoms with Crippen molar-refractivity contribution in [2.45, 2.75) is 0 Å². The standard InChI is InChI=1S/C22H15N2O2/c1-2-24-22(25)18(13-23)20-16-9-5-6-10-19(16)26-21-15-8-4-3-7-14(15)11-12-17(20)21/h3-12H,1-2H2,(H,24,25)/b20-18+. The Bertz CT molecular complexity index is 1110. The van der Waals surface area contributed by atoms with E-state index in [2.05, 4.69) is 18.3 Å². The molecule has 0 saturated heterocycles. The second kappa shape index (κ2) is 6.38. The molecule has 0 aromatic heterocycles. The second-order valence-corrected chi connectivity index (χ2v) is 5.88. The Labute approximate surface area is 151 Å². The number of nitrogens with one attached hydrogen (secondary N) is 1. The fraction of sp³-hybridized carbons (Fsp3) is 0.0455. The lowest BCUT2D eigenvalue weighted by Gasteiger charge is -2.25. The van der Waals surface area contributed by atoms with E-state index in [1.54, 1.807) is 0 Å². The number of hydrogen-bond acceptors (Lipinski definition) is 3. The summed E-state index contributed by atoms with van der Waals surface area (Å²) in [6, 6.07) is 21.3. The molecule has 0 bridgehead atoms. The molecule has 26 heavy (non-hydrogen) atoms. The number of carbonyl (C=O) groups is 1. The van der Waals surface area contributed by atoms with Crippen molar-refractivity contribution in [3.05, 3.63) is 84.3 Å². The summed E-state index contributed by atoms with van der Waals surface area (Å²) in [5, 5.41) is 14.3. The van der Waals surface area contributed by atoms with Crippen LogP contribution in [-0.2, 0) is 4.79 Å². The third-order valence-corrected chi connectivity index (χ3v) is 4.39. The largest absolute Gasteiger partial charge is 0.455 e. The minimum absolute atomic E-state index is 0.0564. The van der Waals surface area contributed by atoms with Crippen LogP contribution in [0.15, 0.2) is 66.2 Å². The number of carbonyl (C=O) groups excluding carboxylic acids is 1. The first-order valence-corrected chi connectivity index (χ1v) is 8.25. The van der Waals surface area contributed by atoms with Crippen LogP contribution in [0.4, 0.5) is 0 Å². The van der Waals surface area contributed by atoms with Gasteiger partial charge in [0.05, 0.1) is 0 Å². The van der Waals surface area contributed by atoms with E-state index in [9.17, 15) is 10.1 Å². The monoisotopic (exact) mass is 339 g/mol. The lowest BCUT2D eigenvalue weighted by Crippen LogP contribution is -2.25. The van der Waals surface area contributed by atoms with Crippen molar-refractivity contribution in [3.8, 4) is 17.6 Å². The number of amides is 1. The number of nitrogens with zero attached hydrogens (tertiary/aromatic N) is 1. The molecule has 0 saturated carbocycles. The number of ether oxygens (including phenoxy) is 1. The zero-order valence-electron chi connectivity index (χ0n) is 14.0. The van der Waals surface area contributed by atoms with Crippen molar-refractivity contribution in [1.29, 1.82) is 5.26 Å². The van der Waals surface area contributed by atoms with Gasteiger partial charge in [-0.25, -0.2) is 0 Å². The van der Waals surface area contributed by atoms with Gasteiger partial charge in [0.2, 0.25) is 0 Å². The van der Waals surface area contributed by atoms with Gasteiger partial charge in [0.25, 0.3) is 5.91 Å². The van der Waals surface area contributed by atoms with Crippen LogP contribution in [0.25, 0.3) is 16.3 Å². The number of rotatable bonds is 2. The molecule has 3 aromatic rings. The molecule has 4 nitrogen and oxygen atoms in total. The quantitative estimate of drug-likeness (QED) is 0.439. The van der Waals surface area contributed by atoms with Crippen LogP contribution in [-0.4, -0.2) is 12.5 Å². The average Bonchev–Trinajstić information content (AvgIpc) is 2.68. The maximum atomic E-state index is 12.5. The van der Waals surface area contributed by atoms with E-state index >= 15 is 0 Å². The van der Waals surface area contributed by atoms with Crippen LogP contribution < -0.4 is 10.1 Å². The Balaban J connectivity index is 2.08. The van der Waals surface area contributed by atoms with Crippen molar-refractivity contribution in [3.63, 3.8) is 0 Å². The fourth-order valence-electron chi connectivity index (χ4n) is 3.26. The summed E-state index contributed by atoms with van der Waals surface area (Å²) in [4.78, 5) is 12.5. The molecule has 1 aliphatic heterocycles.